The fraction of sp³-hybridized carbons (Fsp3) is 0.800. The second kappa shape index (κ2) is 5.70. The van der Waals surface area contributed by atoms with E-state index in [2.05, 4.69) is 5.32 Å². The molecule has 1 unspecified atom stereocenters. The van der Waals surface area contributed by atoms with E-state index in [1.807, 2.05) is 4.90 Å². The van der Waals surface area contributed by atoms with Crippen molar-refractivity contribution >= 4 is 11.9 Å². The third-order valence-electron chi connectivity index (χ3n) is 2.78. The zero-order chi connectivity index (χ0) is 11.3. The first-order chi connectivity index (χ1) is 7.15. The minimum absolute atomic E-state index is 0.0149. The van der Waals surface area contributed by atoms with Crippen LogP contribution >= 0.6 is 0 Å². The molecule has 0 saturated carbocycles. The number of nitrogens with one attached hydrogen (secondary N) is 1. The molecule has 0 radical (unpaired) electrons. The Hall–Kier alpha value is -1.10. The van der Waals surface area contributed by atoms with E-state index >= 15 is 0 Å². The first kappa shape index (κ1) is 12.0. The molecule has 1 amide bonds. The third-order valence-corrected chi connectivity index (χ3v) is 2.78. The van der Waals surface area contributed by atoms with E-state index in [0.29, 0.717) is 13.0 Å². The van der Waals surface area contributed by atoms with Gasteiger partial charge in [-0.3, -0.25) is 14.5 Å². The van der Waals surface area contributed by atoms with Crippen LogP contribution in [-0.2, 0) is 9.59 Å². The number of carbonyl (C=O) groups is 2. The number of rotatable bonds is 5. The van der Waals surface area contributed by atoms with E-state index in [1.54, 1.807) is 7.05 Å². The summed E-state index contributed by atoms with van der Waals surface area (Å²) in [5, 5.41) is 11.5. The first-order valence-corrected chi connectivity index (χ1v) is 5.32. The number of hydrogen-bond acceptors (Lipinski definition) is 3. The highest BCUT2D eigenvalue weighted by atomic mass is 16.4. The Morgan fingerprint density at radius 2 is 2.27 bits per heavy atom. The van der Waals surface area contributed by atoms with Gasteiger partial charge in [0.05, 0.1) is 0 Å². The number of nitrogens with zero attached hydrogens (tertiary/aromatic N) is 1. The Morgan fingerprint density at radius 1 is 1.53 bits per heavy atom. The summed E-state index contributed by atoms with van der Waals surface area (Å²) in [5.74, 6) is -0.728. The van der Waals surface area contributed by atoms with Gasteiger partial charge in [0.15, 0.2) is 0 Å². The fourth-order valence-electron chi connectivity index (χ4n) is 1.94. The van der Waals surface area contributed by atoms with Crippen molar-refractivity contribution in [3.63, 3.8) is 0 Å². The molecule has 1 fully saturated rings. The average molecular weight is 214 g/mol. The van der Waals surface area contributed by atoms with Crippen LogP contribution in [-0.4, -0.2) is 48.1 Å². The summed E-state index contributed by atoms with van der Waals surface area (Å²) in [5.41, 5.74) is 0. The number of carboxylic acid groups (broad SMARTS) is 1. The van der Waals surface area contributed by atoms with Crippen LogP contribution in [0.4, 0.5) is 0 Å². The highest BCUT2D eigenvalue weighted by molar-refractivity contribution is 5.75. The molecular weight excluding hydrogens is 196 g/mol. The van der Waals surface area contributed by atoms with E-state index in [9.17, 15) is 9.59 Å². The summed E-state index contributed by atoms with van der Waals surface area (Å²) < 4.78 is 0. The molecule has 5 heteroatoms. The second-order valence-corrected chi connectivity index (χ2v) is 3.81. The molecule has 0 aromatic heterocycles. The monoisotopic (exact) mass is 214 g/mol. The highest BCUT2D eigenvalue weighted by Crippen LogP contribution is 2.17. The smallest absolute Gasteiger partial charge is 0.320 e. The molecule has 1 saturated heterocycles. The second-order valence-electron chi connectivity index (χ2n) is 3.81. The quantitative estimate of drug-likeness (QED) is 0.679. The summed E-state index contributed by atoms with van der Waals surface area (Å²) >= 11 is 0. The maximum atomic E-state index is 11.0. The molecule has 0 bridgehead atoms. The van der Waals surface area contributed by atoms with Gasteiger partial charge in [0.25, 0.3) is 0 Å². The van der Waals surface area contributed by atoms with Crippen LogP contribution in [0.3, 0.4) is 0 Å². The Bertz CT molecular complexity index is 243. The lowest BCUT2D eigenvalue weighted by molar-refractivity contribution is -0.142. The van der Waals surface area contributed by atoms with Gasteiger partial charge in [0.1, 0.15) is 6.04 Å². The summed E-state index contributed by atoms with van der Waals surface area (Å²) in [4.78, 5) is 23.7. The molecular formula is C10H18N2O3. The van der Waals surface area contributed by atoms with E-state index in [-0.39, 0.29) is 11.9 Å². The van der Waals surface area contributed by atoms with E-state index in [4.69, 9.17) is 5.11 Å². The van der Waals surface area contributed by atoms with Crippen molar-refractivity contribution in [2.45, 2.75) is 31.7 Å². The Morgan fingerprint density at radius 3 is 2.87 bits per heavy atom. The van der Waals surface area contributed by atoms with Gasteiger partial charge in [0.2, 0.25) is 5.91 Å². The molecule has 0 spiro atoms. The standard InChI is InChI=1S/C10H18N2O3/c1-11-9(13)5-3-7-12-6-2-4-8(12)10(14)15/h8H,2-7H2,1H3,(H,11,13)(H,14,15). The maximum Gasteiger partial charge on any atom is 0.320 e. The fourth-order valence-corrected chi connectivity index (χ4v) is 1.94. The molecule has 1 aliphatic heterocycles. The van der Waals surface area contributed by atoms with Crippen LogP contribution in [0.5, 0.6) is 0 Å². The summed E-state index contributed by atoms with van der Waals surface area (Å²) in [6, 6.07) is -0.338. The molecule has 1 aliphatic rings. The zero-order valence-corrected chi connectivity index (χ0v) is 9.03. The van der Waals surface area contributed by atoms with Crippen molar-refractivity contribution in [1.82, 2.24) is 10.2 Å². The predicted molar refractivity (Wildman–Crippen MR) is 55.5 cm³/mol. The largest absolute Gasteiger partial charge is 0.480 e. The van der Waals surface area contributed by atoms with Crippen molar-refractivity contribution in [3.05, 3.63) is 0 Å². The molecule has 1 rings (SSSR count). The Balaban J connectivity index is 2.26. The van der Waals surface area contributed by atoms with Crippen LogP contribution in [0, 0.1) is 0 Å². The number of aliphatic carboxylic acids is 1. The summed E-state index contributed by atoms with van der Waals surface area (Å²) in [6.07, 6.45) is 2.87. The van der Waals surface area contributed by atoms with E-state index in [0.717, 1.165) is 25.8 Å². The number of likely N-dealkylation sites (tertiary alicyclic amines) is 1. The number of amides is 1. The van der Waals surface area contributed by atoms with Crippen LogP contribution in [0.1, 0.15) is 25.7 Å². The van der Waals surface area contributed by atoms with Gasteiger partial charge in [-0.2, -0.15) is 0 Å². The van der Waals surface area contributed by atoms with Crippen molar-refractivity contribution in [1.29, 1.82) is 0 Å². The summed E-state index contributed by atoms with van der Waals surface area (Å²) in [6.45, 7) is 1.54. The minimum Gasteiger partial charge on any atom is -0.480 e. The molecule has 86 valence electrons. The maximum absolute atomic E-state index is 11.0. The molecule has 1 heterocycles. The number of carboxylic acids is 1. The SMILES string of the molecule is CNC(=O)CCCN1CCCC1C(=O)O. The van der Waals surface area contributed by atoms with E-state index in [1.165, 1.54) is 0 Å². The van der Waals surface area contributed by atoms with Crippen molar-refractivity contribution in [2.75, 3.05) is 20.1 Å². The lowest BCUT2D eigenvalue weighted by atomic mass is 10.2. The van der Waals surface area contributed by atoms with Gasteiger partial charge in [0, 0.05) is 13.5 Å². The molecule has 5 nitrogen and oxygen atoms in total. The van der Waals surface area contributed by atoms with Gasteiger partial charge in [-0.25, -0.2) is 0 Å². The van der Waals surface area contributed by atoms with Crippen molar-refractivity contribution in [3.8, 4) is 0 Å². The molecule has 15 heavy (non-hydrogen) atoms. The topological polar surface area (TPSA) is 69.6 Å². The number of carbonyl (C=O) groups excluding carboxylic acids is 1. The van der Waals surface area contributed by atoms with Gasteiger partial charge < -0.3 is 10.4 Å². The van der Waals surface area contributed by atoms with Crippen molar-refractivity contribution < 1.29 is 14.7 Å². The van der Waals surface area contributed by atoms with E-state index < -0.39 is 5.97 Å². The minimum atomic E-state index is -0.743. The molecule has 0 aromatic carbocycles. The van der Waals surface area contributed by atoms with Gasteiger partial charge in [-0.15, -0.1) is 0 Å². The lowest BCUT2D eigenvalue weighted by Crippen LogP contribution is -2.36. The van der Waals surface area contributed by atoms with Crippen LogP contribution in [0.25, 0.3) is 0 Å². The summed E-state index contributed by atoms with van der Waals surface area (Å²) in [7, 11) is 1.61. The lowest BCUT2D eigenvalue weighted by Gasteiger charge is -2.20. The average Bonchev–Trinajstić information content (AvgIpc) is 2.65. The molecule has 1 atom stereocenters. The number of hydrogen-bond donors (Lipinski definition) is 2. The van der Waals surface area contributed by atoms with Gasteiger partial charge in [-0.05, 0) is 32.4 Å². The molecule has 2 N–H and O–H groups in total. The van der Waals surface area contributed by atoms with Crippen LogP contribution in [0.2, 0.25) is 0 Å². The van der Waals surface area contributed by atoms with Crippen LogP contribution < -0.4 is 5.32 Å². The molecule has 0 aromatic rings. The third kappa shape index (κ3) is 3.51. The van der Waals surface area contributed by atoms with Crippen LogP contribution in [0.15, 0.2) is 0 Å². The normalized spacial score (nSPS) is 21.5. The molecule has 0 aliphatic carbocycles. The highest BCUT2D eigenvalue weighted by Gasteiger charge is 2.29. The first-order valence-electron chi connectivity index (χ1n) is 5.32. The Kier molecular flexibility index (Phi) is 4.55. The van der Waals surface area contributed by atoms with Crippen molar-refractivity contribution in [2.24, 2.45) is 0 Å². The predicted octanol–water partition coefficient (Wildman–Crippen LogP) is 0.0616. The van der Waals surface area contributed by atoms with Gasteiger partial charge in [-0.1, -0.05) is 0 Å². The Labute approximate surface area is 89.4 Å². The van der Waals surface area contributed by atoms with Gasteiger partial charge >= 0.3 is 5.97 Å². The zero-order valence-electron chi connectivity index (χ0n) is 9.03.